The summed E-state index contributed by atoms with van der Waals surface area (Å²) in [7, 11) is 1.94. The van der Waals surface area contributed by atoms with Crippen LogP contribution in [0, 0.1) is 52.3 Å². The minimum Gasteiger partial charge on any atom is -0.446 e. The Hall–Kier alpha value is -1.03. The number of rotatable bonds is 11. The van der Waals surface area contributed by atoms with Crippen LogP contribution in [-0.2, 0) is 4.74 Å². The topological polar surface area (TPSA) is 50.4 Å². The standard InChI is InChI=1S/C34H60N2O2/c1-8-25(23(2)3)11-10-24(4)29-14-15-30-28-13-12-26-22-27(38-32(37)36-21-9-20-35-7)16-18-33(26,5)31(28)17-19-34(29,30)6/h12,23-25,27-31,35H,8-11,13-22H2,1-7H3,(H,36,37)/t24-,25-,27+,28+,29-,30?,31?,33+,34-/m1/s1. The average Bonchev–Trinajstić information content (AvgIpc) is 3.24. The van der Waals surface area contributed by atoms with E-state index in [-0.39, 0.29) is 12.2 Å². The van der Waals surface area contributed by atoms with Gasteiger partial charge in [-0.25, -0.2) is 4.79 Å². The fourth-order valence-electron chi connectivity index (χ4n) is 10.0. The number of allylic oxidation sites excluding steroid dienone is 1. The Bertz CT molecular complexity index is 823. The second-order valence-electron chi connectivity index (χ2n) is 14.6. The third-order valence-electron chi connectivity index (χ3n) is 12.4. The highest BCUT2D eigenvalue weighted by molar-refractivity contribution is 5.67. The van der Waals surface area contributed by atoms with Crippen LogP contribution in [0.4, 0.5) is 4.79 Å². The first-order valence-electron chi connectivity index (χ1n) is 16.4. The number of fused-ring (bicyclic) bond motifs is 5. The summed E-state index contributed by atoms with van der Waals surface area (Å²) < 4.78 is 5.88. The largest absolute Gasteiger partial charge is 0.446 e. The first kappa shape index (κ1) is 29.9. The second-order valence-corrected chi connectivity index (χ2v) is 14.6. The van der Waals surface area contributed by atoms with E-state index in [1.165, 1.54) is 57.8 Å². The Balaban J connectivity index is 1.37. The van der Waals surface area contributed by atoms with Gasteiger partial charge in [0, 0.05) is 13.0 Å². The van der Waals surface area contributed by atoms with Gasteiger partial charge < -0.3 is 15.4 Å². The lowest BCUT2D eigenvalue weighted by Gasteiger charge is -2.58. The van der Waals surface area contributed by atoms with Crippen LogP contribution < -0.4 is 10.6 Å². The Morgan fingerprint density at radius 3 is 2.55 bits per heavy atom. The summed E-state index contributed by atoms with van der Waals surface area (Å²) >= 11 is 0. The fourth-order valence-corrected chi connectivity index (χ4v) is 10.0. The molecule has 38 heavy (non-hydrogen) atoms. The lowest BCUT2D eigenvalue weighted by atomic mass is 9.47. The third kappa shape index (κ3) is 6.01. The van der Waals surface area contributed by atoms with Gasteiger partial charge in [-0.1, -0.05) is 66.0 Å². The normalized spacial score (nSPS) is 38.0. The van der Waals surface area contributed by atoms with Crippen molar-refractivity contribution in [3.8, 4) is 0 Å². The summed E-state index contributed by atoms with van der Waals surface area (Å²) in [4.78, 5) is 12.3. The molecule has 4 rings (SSSR count). The van der Waals surface area contributed by atoms with Gasteiger partial charge in [0.1, 0.15) is 6.10 Å². The van der Waals surface area contributed by atoms with Crippen molar-refractivity contribution in [2.24, 2.45) is 52.3 Å². The molecular weight excluding hydrogens is 468 g/mol. The second kappa shape index (κ2) is 12.6. The van der Waals surface area contributed by atoms with Gasteiger partial charge in [-0.2, -0.15) is 0 Å². The van der Waals surface area contributed by atoms with Crippen molar-refractivity contribution >= 4 is 6.09 Å². The molecule has 0 aromatic rings. The van der Waals surface area contributed by atoms with Gasteiger partial charge in [-0.3, -0.25) is 0 Å². The zero-order valence-electron chi connectivity index (χ0n) is 25.9. The van der Waals surface area contributed by atoms with E-state index in [0.29, 0.717) is 17.4 Å². The maximum absolute atomic E-state index is 12.3. The highest BCUT2D eigenvalue weighted by Crippen LogP contribution is 2.67. The average molecular weight is 529 g/mol. The van der Waals surface area contributed by atoms with E-state index in [1.807, 2.05) is 7.05 Å². The summed E-state index contributed by atoms with van der Waals surface area (Å²) in [5, 5.41) is 6.06. The number of amides is 1. The van der Waals surface area contributed by atoms with E-state index < -0.39 is 0 Å². The van der Waals surface area contributed by atoms with Crippen LogP contribution in [0.3, 0.4) is 0 Å². The number of carbonyl (C=O) groups excluding carboxylic acids is 1. The molecule has 0 spiro atoms. The molecule has 1 amide bonds. The molecule has 218 valence electrons. The van der Waals surface area contributed by atoms with Gasteiger partial charge in [0.05, 0.1) is 0 Å². The van der Waals surface area contributed by atoms with Crippen LogP contribution in [-0.4, -0.2) is 32.3 Å². The zero-order valence-corrected chi connectivity index (χ0v) is 25.9. The van der Waals surface area contributed by atoms with Gasteiger partial charge in [-0.15, -0.1) is 0 Å². The minimum absolute atomic E-state index is 0.0403. The summed E-state index contributed by atoms with van der Waals surface area (Å²) in [6.07, 6.45) is 17.6. The number of ether oxygens (including phenoxy) is 1. The van der Waals surface area contributed by atoms with Crippen LogP contribution in [0.1, 0.15) is 119 Å². The lowest BCUT2D eigenvalue weighted by Crippen LogP contribution is -2.51. The van der Waals surface area contributed by atoms with Crippen LogP contribution in [0.25, 0.3) is 0 Å². The number of hydrogen-bond donors (Lipinski definition) is 2. The van der Waals surface area contributed by atoms with Crippen molar-refractivity contribution in [2.75, 3.05) is 20.1 Å². The first-order valence-corrected chi connectivity index (χ1v) is 16.4. The first-order chi connectivity index (χ1) is 18.1. The van der Waals surface area contributed by atoms with Crippen LogP contribution in [0.15, 0.2) is 11.6 Å². The molecule has 0 heterocycles. The maximum atomic E-state index is 12.3. The molecule has 0 bridgehead atoms. The molecule has 4 aliphatic rings. The van der Waals surface area contributed by atoms with Crippen molar-refractivity contribution in [3.63, 3.8) is 0 Å². The molecule has 4 aliphatic carbocycles. The van der Waals surface area contributed by atoms with E-state index in [9.17, 15) is 4.79 Å². The maximum Gasteiger partial charge on any atom is 0.407 e. The van der Waals surface area contributed by atoms with Crippen molar-refractivity contribution in [1.29, 1.82) is 0 Å². The summed E-state index contributed by atoms with van der Waals surface area (Å²) in [5.74, 6) is 6.04. The number of alkyl carbamates (subject to hydrolysis) is 1. The summed E-state index contributed by atoms with van der Waals surface area (Å²) in [6, 6.07) is 0. The molecule has 2 unspecified atom stereocenters. The Morgan fingerprint density at radius 1 is 1.05 bits per heavy atom. The number of hydrogen-bond acceptors (Lipinski definition) is 3. The van der Waals surface area contributed by atoms with Gasteiger partial charge in [0.2, 0.25) is 0 Å². The molecule has 3 saturated carbocycles. The van der Waals surface area contributed by atoms with Crippen molar-refractivity contribution in [2.45, 2.75) is 125 Å². The fraction of sp³-hybridized carbons (Fsp3) is 0.912. The van der Waals surface area contributed by atoms with Gasteiger partial charge in [0.25, 0.3) is 0 Å². The van der Waals surface area contributed by atoms with E-state index in [0.717, 1.165) is 67.2 Å². The highest BCUT2D eigenvalue weighted by atomic mass is 16.6. The molecule has 4 nitrogen and oxygen atoms in total. The Kier molecular flexibility index (Phi) is 9.97. The van der Waals surface area contributed by atoms with Gasteiger partial charge in [0.15, 0.2) is 0 Å². The van der Waals surface area contributed by atoms with E-state index in [4.69, 9.17) is 4.74 Å². The smallest absolute Gasteiger partial charge is 0.407 e. The van der Waals surface area contributed by atoms with E-state index in [2.05, 4.69) is 58.3 Å². The highest BCUT2D eigenvalue weighted by Gasteiger charge is 2.59. The Labute approximate surface area is 234 Å². The number of carbonyl (C=O) groups is 1. The molecule has 9 atom stereocenters. The monoisotopic (exact) mass is 528 g/mol. The number of nitrogens with one attached hydrogen (secondary N) is 2. The molecule has 2 N–H and O–H groups in total. The molecule has 0 aliphatic heterocycles. The minimum atomic E-state index is -0.234. The van der Waals surface area contributed by atoms with E-state index >= 15 is 0 Å². The molecule has 0 radical (unpaired) electrons. The summed E-state index contributed by atoms with van der Waals surface area (Å²) in [6.45, 7) is 16.7. The van der Waals surface area contributed by atoms with Crippen molar-refractivity contribution in [3.05, 3.63) is 11.6 Å². The van der Waals surface area contributed by atoms with Gasteiger partial charge >= 0.3 is 6.09 Å². The molecule has 0 aromatic heterocycles. The summed E-state index contributed by atoms with van der Waals surface area (Å²) in [5.41, 5.74) is 2.44. The van der Waals surface area contributed by atoms with Crippen molar-refractivity contribution < 1.29 is 9.53 Å². The van der Waals surface area contributed by atoms with Gasteiger partial charge in [-0.05, 0) is 124 Å². The molecular formula is C34H60N2O2. The van der Waals surface area contributed by atoms with Crippen LogP contribution in [0.2, 0.25) is 0 Å². The van der Waals surface area contributed by atoms with Crippen LogP contribution >= 0.6 is 0 Å². The molecule has 0 aromatic carbocycles. The molecule has 0 saturated heterocycles. The lowest BCUT2D eigenvalue weighted by molar-refractivity contribution is -0.0583. The van der Waals surface area contributed by atoms with E-state index in [1.54, 1.807) is 5.57 Å². The predicted molar refractivity (Wildman–Crippen MR) is 159 cm³/mol. The molecule has 3 fully saturated rings. The predicted octanol–water partition coefficient (Wildman–Crippen LogP) is 8.37. The SMILES string of the molecule is CC[C@H](CC[C@@H](C)[C@H]1CCC2[C@@H]3CC=C4C[C@@H](OC(=O)NCCCNC)CC[C@]4(C)C3CC[C@@]21C)C(C)C. The quantitative estimate of drug-likeness (QED) is 0.209. The zero-order chi connectivity index (χ0) is 27.5. The van der Waals surface area contributed by atoms with Crippen molar-refractivity contribution in [1.82, 2.24) is 10.6 Å². The van der Waals surface area contributed by atoms with Crippen LogP contribution in [0.5, 0.6) is 0 Å². The molecule has 4 heteroatoms. The Morgan fingerprint density at radius 2 is 1.84 bits per heavy atom. The third-order valence-corrected chi connectivity index (χ3v) is 12.4.